The third-order valence-corrected chi connectivity index (χ3v) is 3.68. The Labute approximate surface area is 110 Å². The van der Waals surface area contributed by atoms with Crippen LogP contribution in [0.15, 0.2) is 18.2 Å². The molecule has 1 aliphatic heterocycles. The van der Waals surface area contributed by atoms with E-state index in [1.165, 1.54) is 11.1 Å². The minimum absolute atomic E-state index is 0.472. The molecule has 0 radical (unpaired) electrons. The molecular formula is C15H24N2O. The minimum atomic E-state index is 0.472. The molecule has 18 heavy (non-hydrogen) atoms. The van der Waals surface area contributed by atoms with Crippen LogP contribution in [0.4, 0.5) is 5.69 Å². The molecule has 1 saturated heterocycles. The Kier molecular flexibility index (Phi) is 4.61. The highest BCUT2D eigenvalue weighted by atomic mass is 16.5. The summed E-state index contributed by atoms with van der Waals surface area (Å²) in [7, 11) is 0. The van der Waals surface area contributed by atoms with Crippen LogP contribution >= 0.6 is 0 Å². The van der Waals surface area contributed by atoms with Gasteiger partial charge in [0.05, 0.1) is 6.10 Å². The highest BCUT2D eigenvalue weighted by Crippen LogP contribution is 2.18. The molecule has 3 nitrogen and oxygen atoms in total. The number of nitrogens with zero attached hydrogens (tertiary/aromatic N) is 1. The number of likely N-dealkylation sites (tertiary alicyclic amines) is 1. The first-order valence-electron chi connectivity index (χ1n) is 6.88. The molecule has 1 heterocycles. The largest absolute Gasteiger partial charge is 0.399 e. The molecule has 1 aromatic rings. The fourth-order valence-electron chi connectivity index (χ4n) is 2.56. The quantitative estimate of drug-likeness (QED) is 0.832. The zero-order valence-corrected chi connectivity index (χ0v) is 11.5. The van der Waals surface area contributed by atoms with Crippen molar-refractivity contribution in [2.45, 2.75) is 39.3 Å². The monoisotopic (exact) mass is 248 g/mol. The van der Waals surface area contributed by atoms with Crippen molar-refractivity contribution in [1.82, 2.24) is 4.90 Å². The molecule has 1 aliphatic rings. The van der Waals surface area contributed by atoms with Gasteiger partial charge >= 0.3 is 0 Å². The molecule has 0 aromatic heterocycles. The average molecular weight is 248 g/mol. The molecule has 100 valence electrons. The first-order valence-corrected chi connectivity index (χ1v) is 6.88. The normalized spacial score (nSPS) is 18.1. The molecule has 0 atom stereocenters. The molecule has 0 unspecified atom stereocenters. The number of piperidine rings is 1. The molecular weight excluding hydrogens is 224 g/mol. The van der Waals surface area contributed by atoms with Crippen molar-refractivity contribution in [2.24, 2.45) is 0 Å². The molecule has 1 aromatic carbocycles. The van der Waals surface area contributed by atoms with Gasteiger partial charge in [-0.15, -0.1) is 0 Å². The SMILES string of the molecule is CCOC1CCN(Cc2ccc(N)c(C)c2)CC1. The summed E-state index contributed by atoms with van der Waals surface area (Å²) in [6.07, 6.45) is 2.78. The van der Waals surface area contributed by atoms with Gasteiger partial charge in [0.25, 0.3) is 0 Å². The van der Waals surface area contributed by atoms with Gasteiger partial charge in [-0.3, -0.25) is 4.90 Å². The fourth-order valence-corrected chi connectivity index (χ4v) is 2.56. The predicted octanol–water partition coefficient (Wildman–Crippen LogP) is 2.58. The summed E-state index contributed by atoms with van der Waals surface area (Å²) in [5.74, 6) is 0. The van der Waals surface area contributed by atoms with Gasteiger partial charge < -0.3 is 10.5 Å². The second-order valence-corrected chi connectivity index (χ2v) is 5.12. The minimum Gasteiger partial charge on any atom is -0.399 e. The Bertz CT molecular complexity index is 384. The molecule has 0 amide bonds. The average Bonchev–Trinajstić information content (AvgIpc) is 2.37. The van der Waals surface area contributed by atoms with E-state index in [1.54, 1.807) is 0 Å². The summed E-state index contributed by atoms with van der Waals surface area (Å²) in [5.41, 5.74) is 9.26. The van der Waals surface area contributed by atoms with Crippen LogP contribution in [0.25, 0.3) is 0 Å². The van der Waals surface area contributed by atoms with Crippen LogP contribution in [0, 0.1) is 6.92 Å². The number of anilines is 1. The number of benzene rings is 1. The van der Waals surface area contributed by atoms with Gasteiger partial charge in [-0.05, 0) is 43.9 Å². The molecule has 2 rings (SSSR count). The zero-order valence-electron chi connectivity index (χ0n) is 11.5. The van der Waals surface area contributed by atoms with Crippen molar-refractivity contribution in [2.75, 3.05) is 25.4 Å². The standard InChI is InChI=1S/C15H24N2O/c1-3-18-14-6-8-17(9-7-14)11-13-4-5-15(16)12(2)10-13/h4-5,10,14H,3,6-9,11,16H2,1-2H3. The summed E-state index contributed by atoms with van der Waals surface area (Å²) < 4.78 is 5.67. The first kappa shape index (κ1) is 13.4. The molecule has 0 spiro atoms. The van der Waals surface area contributed by atoms with Gasteiger partial charge in [-0.25, -0.2) is 0 Å². The first-order chi connectivity index (χ1) is 8.69. The lowest BCUT2D eigenvalue weighted by Crippen LogP contribution is -2.36. The lowest BCUT2D eigenvalue weighted by molar-refractivity contribution is 0.0125. The fraction of sp³-hybridized carbons (Fsp3) is 0.600. The van der Waals surface area contributed by atoms with Gasteiger partial charge in [-0.2, -0.15) is 0 Å². The van der Waals surface area contributed by atoms with Crippen molar-refractivity contribution >= 4 is 5.69 Å². The van der Waals surface area contributed by atoms with Crippen LogP contribution in [-0.4, -0.2) is 30.7 Å². The predicted molar refractivity (Wildman–Crippen MR) is 75.5 cm³/mol. The Morgan fingerprint density at radius 3 is 2.67 bits per heavy atom. The van der Waals surface area contributed by atoms with Gasteiger partial charge in [0.1, 0.15) is 0 Å². The van der Waals surface area contributed by atoms with Crippen LogP contribution in [0.1, 0.15) is 30.9 Å². The second-order valence-electron chi connectivity index (χ2n) is 5.12. The molecule has 0 aliphatic carbocycles. The summed E-state index contributed by atoms with van der Waals surface area (Å²) in [4.78, 5) is 2.50. The number of ether oxygens (including phenoxy) is 1. The van der Waals surface area contributed by atoms with E-state index in [1.807, 2.05) is 6.07 Å². The maximum Gasteiger partial charge on any atom is 0.0599 e. The number of aryl methyl sites for hydroxylation is 1. The van der Waals surface area contributed by atoms with E-state index < -0.39 is 0 Å². The van der Waals surface area contributed by atoms with E-state index in [2.05, 4.69) is 30.9 Å². The third kappa shape index (κ3) is 3.47. The van der Waals surface area contributed by atoms with Crippen LogP contribution in [0.3, 0.4) is 0 Å². The maximum atomic E-state index is 5.84. The van der Waals surface area contributed by atoms with Crippen molar-refractivity contribution in [3.8, 4) is 0 Å². The van der Waals surface area contributed by atoms with E-state index in [9.17, 15) is 0 Å². The highest BCUT2D eigenvalue weighted by molar-refractivity contribution is 5.47. The van der Waals surface area contributed by atoms with Crippen molar-refractivity contribution < 1.29 is 4.74 Å². The number of nitrogen functional groups attached to an aromatic ring is 1. The van der Waals surface area contributed by atoms with Gasteiger partial charge in [0, 0.05) is 31.9 Å². The molecule has 1 fully saturated rings. The van der Waals surface area contributed by atoms with Crippen LogP contribution in [0.5, 0.6) is 0 Å². The van der Waals surface area contributed by atoms with Crippen LogP contribution in [-0.2, 0) is 11.3 Å². The van der Waals surface area contributed by atoms with Crippen LogP contribution < -0.4 is 5.73 Å². The summed E-state index contributed by atoms with van der Waals surface area (Å²) >= 11 is 0. The van der Waals surface area contributed by atoms with E-state index in [4.69, 9.17) is 10.5 Å². The Morgan fingerprint density at radius 1 is 1.33 bits per heavy atom. The highest BCUT2D eigenvalue weighted by Gasteiger charge is 2.19. The number of hydrogen-bond acceptors (Lipinski definition) is 3. The van der Waals surface area contributed by atoms with Gasteiger partial charge in [-0.1, -0.05) is 12.1 Å². The van der Waals surface area contributed by atoms with Crippen molar-refractivity contribution in [1.29, 1.82) is 0 Å². The molecule has 2 N–H and O–H groups in total. The molecule has 3 heteroatoms. The van der Waals surface area contributed by atoms with Crippen LogP contribution in [0.2, 0.25) is 0 Å². The molecule has 0 bridgehead atoms. The second kappa shape index (κ2) is 6.21. The smallest absolute Gasteiger partial charge is 0.0599 e. The Hall–Kier alpha value is -1.06. The summed E-state index contributed by atoms with van der Waals surface area (Å²) in [6.45, 7) is 8.27. The van der Waals surface area contributed by atoms with E-state index >= 15 is 0 Å². The molecule has 0 saturated carbocycles. The topological polar surface area (TPSA) is 38.5 Å². The summed E-state index contributed by atoms with van der Waals surface area (Å²) in [6, 6.07) is 6.35. The number of rotatable bonds is 4. The Balaban J connectivity index is 1.85. The third-order valence-electron chi connectivity index (χ3n) is 3.68. The van der Waals surface area contributed by atoms with Gasteiger partial charge in [0.2, 0.25) is 0 Å². The van der Waals surface area contributed by atoms with E-state index in [0.29, 0.717) is 6.10 Å². The van der Waals surface area contributed by atoms with Crippen molar-refractivity contribution in [3.05, 3.63) is 29.3 Å². The lowest BCUT2D eigenvalue weighted by Gasteiger charge is -2.31. The summed E-state index contributed by atoms with van der Waals surface area (Å²) in [5, 5.41) is 0. The van der Waals surface area contributed by atoms with Gasteiger partial charge in [0.15, 0.2) is 0 Å². The van der Waals surface area contributed by atoms with E-state index in [0.717, 1.165) is 44.8 Å². The maximum absolute atomic E-state index is 5.84. The van der Waals surface area contributed by atoms with E-state index in [-0.39, 0.29) is 0 Å². The van der Waals surface area contributed by atoms with Crippen molar-refractivity contribution in [3.63, 3.8) is 0 Å². The lowest BCUT2D eigenvalue weighted by atomic mass is 10.1. The zero-order chi connectivity index (χ0) is 13.0. The Morgan fingerprint density at radius 2 is 2.06 bits per heavy atom. The number of nitrogens with two attached hydrogens (primary N) is 1. The number of hydrogen-bond donors (Lipinski definition) is 1.